The molecule has 0 aliphatic carbocycles. The van der Waals surface area contributed by atoms with E-state index in [0.29, 0.717) is 6.61 Å². The van der Waals surface area contributed by atoms with Gasteiger partial charge in [-0.05, 0) is 57.5 Å². The smallest absolute Gasteiger partial charge is 0.166 e. The molecule has 0 bridgehead atoms. The van der Waals surface area contributed by atoms with E-state index in [0.717, 1.165) is 48.7 Å². The second kappa shape index (κ2) is 9.64. The van der Waals surface area contributed by atoms with Crippen LogP contribution in [0.25, 0.3) is 6.08 Å². The Labute approximate surface area is 174 Å². The Morgan fingerprint density at radius 2 is 1.62 bits per heavy atom. The van der Waals surface area contributed by atoms with E-state index in [1.54, 1.807) is 6.08 Å². The third-order valence-corrected chi connectivity index (χ3v) is 5.70. The van der Waals surface area contributed by atoms with E-state index >= 15 is 0 Å². The monoisotopic (exact) mass is 392 g/mol. The number of carbonyl (C=O) groups excluding carboxylic acids is 1. The molecule has 1 unspecified atom stereocenters. The molecule has 0 saturated carbocycles. The second-order valence-corrected chi connectivity index (χ2v) is 7.23. The standard InChI is InChI=1S/C25H32N2O2/c1-5-26(6-2)20-15-12-19(13-16-20)14-17-24(28)22-18-29-25-21(22)10-9-11-23(25)27(7-3)8-4/h9-17,22H,5-8,18H2,1-4H3. The van der Waals surface area contributed by atoms with Crippen LogP contribution in [0.4, 0.5) is 11.4 Å². The lowest BCUT2D eigenvalue weighted by Crippen LogP contribution is -2.22. The van der Waals surface area contributed by atoms with Crippen LogP contribution in [0.3, 0.4) is 0 Å². The average Bonchev–Trinajstić information content (AvgIpc) is 3.20. The van der Waals surface area contributed by atoms with Gasteiger partial charge in [0.15, 0.2) is 5.78 Å². The number of hydrogen-bond acceptors (Lipinski definition) is 4. The zero-order valence-electron chi connectivity index (χ0n) is 18.0. The molecule has 1 aliphatic rings. The SMILES string of the molecule is CCN(CC)c1ccc(C=CC(=O)C2COc3c2cccc3N(CC)CC)cc1. The van der Waals surface area contributed by atoms with Crippen molar-refractivity contribution in [3.63, 3.8) is 0 Å². The van der Waals surface area contributed by atoms with Gasteiger partial charge in [-0.2, -0.15) is 0 Å². The normalized spacial score (nSPS) is 15.2. The molecule has 0 radical (unpaired) electrons. The summed E-state index contributed by atoms with van der Waals surface area (Å²) in [4.78, 5) is 17.4. The van der Waals surface area contributed by atoms with Gasteiger partial charge >= 0.3 is 0 Å². The Balaban J connectivity index is 1.74. The highest BCUT2D eigenvalue weighted by molar-refractivity contribution is 6.00. The van der Waals surface area contributed by atoms with Crippen molar-refractivity contribution in [2.45, 2.75) is 33.6 Å². The molecule has 0 spiro atoms. The molecule has 154 valence electrons. The fraction of sp³-hybridized carbons (Fsp3) is 0.400. The van der Waals surface area contributed by atoms with Crippen LogP contribution in [0.5, 0.6) is 5.75 Å². The van der Waals surface area contributed by atoms with E-state index in [-0.39, 0.29) is 11.7 Å². The maximum absolute atomic E-state index is 12.9. The van der Waals surface area contributed by atoms with Crippen molar-refractivity contribution < 1.29 is 9.53 Å². The van der Waals surface area contributed by atoms with Crippen molar-refractivity contribution in [2.24, 2.45) is 0 Å². The molecule has 0 fully saturated rings. The van der Waals surface area contributed by atoms with Crippen LogP contribution < -0.4 is 14.5 Å². The topological polar surface area (TPSA) is 32.8 Å². The molecule has 29 heavy (non-hydrogen) atoms. The molecule has 4 heteroatoms. The Hall–Kier alpha value is -2.75. The highest BCUT2D eigenvalue weighted by Gasteiger charge is 2.31. The van der Waals surface area contributed by atoms with E-state index in [1.807, 2.05) is 18.2 Å². The first-order valence-corrected chi connectivity index (χ1v) is 10.7. The first-order chi connectivity index (χ1) is 14.1. The van der Waals surface area contributed by atoms with Gasteiger partial charge in [-0.15, -0.1) is 0 Å². The molecule has 1 aliphatic heterocycles. The first kappa shape index (κ1) is 21.0. The quantitative estimate of drug-likeness (QED) is 0.553. The van der Waals surface area contributed by atoms with Gasteiger partial charge in [0, 0.05) is 37.4 Å². The number of anilines is 2. The number of fused-ring (bicyclic) bond motifs is 1. The second-order valence-electron chi connectivity index (χ2n) is 7.23. The summed E-state index contributed by atoms with van der Waals surface area (Å²) in [6.07, 6.45) is 3.60. The van der Waals surface area contributed by atoms with E-state index in [2.05, 4.69) is 67.8 Å². The molecule has 0 aromatic heterocycles. The maximum Gasteiger partial charge on any atom is 0.166 e. The zero-order chi connectivity index (χ0) is 20.8. The summed E-state index contributed by atoms with van der Waals surface area (Å²) in [6.45, 7) is 12.8. The molecular formula is C25H32N2O2. The summed E-state index contributed by atoms with van der Waals surface area (Å²) in [5, 5.41) is 0. The van der Waals surface area contributed by atoms with Crippen LogP contribution in [0.1, 0.15) is 44.7 Å². The lowest BCUT2D eigenvalue weighted by molar-refractivity contribution is -0.116. The third-order valence-electron chi connectivity index (χ3n) is 5.70. The molecule has 0 N–H and O–H groups in total. The van der Waals surface area contributed by atoms with Crippen molar-refractivity contribution >= 4 is 23.2 Å². The predicted octanol–water partition coefficient (Wildman–Crippen LogP) is 5.14. The molecule has 2 aromatic carbocycles. The van der Waals surface area contributed by atoms with Crippen LogP contribution in [0.15, 0.2) is 48.5 Å². The summed E-state index contributed by atoms with van der Waals surface area (Å²) in [7, 11) is 0. The number of ketones is 1. The van der Waals surface area contributed by atoms with Crippen molar-refractivity contribution in [2.75, 3.05) is 42.6 Å². The highest BCUT2D eigenvalue weighted by atomic mass is 16.5. The first-order valence-electron chi connectivity index (χ1n) is 10.7. The van der Waals surface area contributed by atoms with Crippen molar-refractivity contribution in [3.05, 3.63) is 59.7 Å². The molecule has 1 atom stereocenters. The van der Waals surface area contributed by atoms with Crippen molar-refractivity contribution in [1.29, 1.82) is 0 Å². The number of para-hydroxylation sites is 1. The predicted molar refractivity (Wildman–Crippen MR) is 122 cm³/mol. The average molecular weight is 393 g/mol. The van der Waals surface area contributed by atoms with Crippen LogP contribution in [-0.4, -0.2) is 38.6 Å². The van der Waals surface area contributed by atoms with Gasteiger partial charge in [0.1, 0.15) is 12.4 Å². The lowest BCUT2D eigenvalue weighted by atomic mass is 9.95. The Morgan fingerprint density at radius 1 is 0.966 bits per heavy atom. The van der Waals surface area contributed by atoms with Crippen LogP contribution in [0.2, 0.25) is 0 Å². The van der Waals surface area contributed by atoms with Crippen LogP contribution in [-0.2, 0) is 4.79 Å². The number of hydrogen-bond donors (Lipinski definition) is 0. The van der Waals surface area contributed by atoms with Gasteiger partial charge in [0.25, 0.3) is 0 Å². The van der Waals surface area contributed by atoms with E-state index in [1.165, 1.54) is 5.69 Å². The van der Waals surface area contributed by atoms with E-state index in [4.69, 9.17) is 4.74 Å². The maximum atomic E-state index is 12.9. The molecule has 0 saturated heterocycles. The summed E-state index contributed by atoms with van der Waals surface area (Å²) in [5.41, 5.74) is 4.32. The van der Waals surface area contributed by atoms with E-state index < -0.39 is 0 Å². The van der Waals surface area contributed by atoms with Gasteiger partial charge in [-0.1, -0.05) is 30.3 Å². The number of allylic oxidation sites excluding steroid dienone is 1. The van der Waals surface area contributed by atoms with Crippen molar-refractivity contribution in [3.8, 4) is 5.75 Å². The number of ether oxygens (including phenoxy) is 1. The molecule has 0 amide bonds. The highest BCUT2D eigenvalue weighted by Crippen LogP contribution is 2.42. The largest absolute Gasteiger partial charge is 0.490 e. The number of rotatable bonds is 9. The van der Waals surface area contributed by atoms with Crippen LogP contribution in [0, 0.1) is 0 Å². The van der Waals surface area contributed by atoms with E-state index in [9.17, 15) is 4.79 Å². The fourth-order valence-corrected chi connectivity index (χ4v) is 3.96. The fourth-order valence-electron chi connectivity index (χ4n) is 3.96. The Kier molecular flexibility index (Phi) is 6.97. The molecular weight excluding hydrogens is 360 g/mol. The summed E-state index contributed by atoms with van der Waals surface area (Å²) >= 11 is 0. The van der Waals surface area contributed by atoms with Crippen LogP contribution >= 0.6 is 0 Å². The third kappa shape index (κ3) is 4.47. The minimum Gasteiger partial charge on any atom is -0.490 e. The number of nitrogens with zero attached hydrogens (tertiary/aromatic N) is 2. The summed E-state index contributed by atoms with van der Waals surface area (Å²) in [5.74, 6) is 0.728. The Morgan fingerprint density at radius 3 is 2.24 bits per heavy atom. The minimum absolute atomic E-state index is 0.0910. The molecule has 2 aromatic rings. The van der Waals surface area contributed by atoms with Gasteiger partial charge < -0.3 is 14.5 Å². The van der Waals surface area contributed by atoms with Gasteiger partial charge in [0.2, 0.25) is 0 Å². The van der Waals surface area contributed by atoms with Crippen molar-refractivity contribution in [1.82, 2.24) is 0 Å². The summed E-state index contributed by atoms with van der Waals surface area (Å²) in [6, 6.07) is 14.5. The zero-order valence-corrected chi connectivity index (χ0v) is 18.0. The number of carbonyl (C=O) groups is 1. The van der Waals surface area contributed by atoms with Gasteiger partial charge in [0.05, 0.1) is 11.6 Å². The van der Waals surface area contributed by atoms with Gasteiger partial charge in [-0.25, -0.2) is 0 Å². The molecule has 4 nitrogen and oxygen atoms in total. The minimum atomic E-state index is -0.230. The number of benzene rings is 2. The Bertz CT molecular complexity index is 850. The lowest BCUT2D eigenvalue weighted by Gasteiger charge is -2.23. The van der Waals surface area contributed by atoms with Gasteiger partial charge in [-0.3, -0.25) is 4.79 Å². The molecule has 3 rings (SSSR count). The summed E-state index contributed by atoms with van der Waals surface area (Å²) < 4.78 is 5.96. The molecule has 1 heterocycles.